The van der Waals surface area contributed by atoms with Gasteiger partial charge in [0.05, 0.1) is 0 Å². The zero-order valence-corrected chi connectivity index (χ0v) is 12.2. The second-order valence-corrected chi connectivity index (χ2v) is 6.19. The minimum atomic E-state index is -0.917. The molecule has 7 heteroatoms. The fourth-order valence-corrected chi connectivity index (χ4v) is 3.25. The first kappa shape index (κ1) is 15.5. The molecule has 2 N–H and O–H groups in total. The number of hydrogen-bond acceptors (Lipinski definition) is 4. The molecular weight excluding hydrogens is 272 g/mol. The number of nitrogens with one attached hydrogen (secondary N) is 1. The Morgan fingerprint density at radius 1 is 1.50 bits per heavy atom. The number of nitrogens with zero attached hydrogens (tertiary/aromatic N) is 1. The lowest BCUT2D eigenvalue weighted by molar-refractivity contribution is -0.141. The lowest BCUT2D eigenvalue weighted by Gasteiger charge is -2.32. The van der Waals surface area contributed by atoms with Crippen LogP contribution in [0.2, 0.25) is 0 Å². The highest BCUT2D eigenvalue weighted by Crippen LogP contribution is 2.16. The van der Waals surface area contributed by atoms with Crippen molar-refractivity contribution in [1.82, 2.24) is 10.2 Å². The van der Waals surface area contributed by atoms with Gasteiger partial charge in [-0.2, -0.15) is 23.5 Å². The number of carbonyl (C=O) groups excluding carboxylic acids is 1. The van der Waals surface area contributed by atoms with Gasteiger partial charge in [0, 0.05) is 24.6 Å². The van der Waals surface area contributed by atoms with Crippen molar-refractivity contribution in [2.24, 2.45) is 0 Å². The lowest BCUT2D eigenvalue weighted by atomic mass is 10.3. The summed E-state index contributed by atoms with van der Waals surface area (Å²) in [4.78, 5) is 24.4. The summed E-state index contributed by atoms with van der Waals surface area (Å²) in [7, 11) is 0. The van der Waals surface area contributed by atoms with E-state index in [0.29, 0.717) is 18.8 Å². The third kappa shape index (κ3) is 4.97. The number of rotatable bonds is 6. The van der Waals surface area contributed by atoms with Gasteiger partial charge in [0.1, 0.15) is 6.04 Å². The first-order valence-electron chi connectivity index (χ1n) is 6.00. The predicted molar refractivity (Wildman–Crippen MR) is 76.5 cm³/mol. The number of unbranched alkanes of at least 4 members (excludes halogenated alkanes) is 1. The van der Waals surface area contributed by atoms with Crippen LogP contribution < -0.4 is 5.32 Å². The average Bonchev–Trinajstić information content (AvgIpc) is 2.38. The minimum absolute atomic E-state index is 0.244. The normalized spacial score (nSPS) is 19.6. The van der Waals surface area contributed by atoms with E-state index in [-0.39, 0.29) is 6.03 Å². The first-order chi connectivity index (χ1) is 8.66. The maximum absolute atomic E-state index is 11.9. The van der Waals surface area contributed by atoms with Gasteiger partial charge in [-0.1, -0.05) is 0 Å². The van der Waals surface area contributed by atoms with Crippen LogP contribution >= 0.6 is 23.5 Å². The second-order valence-electron chi connectivity index (χ2n) is 4.05. The molecule has 1 atom stereocenters. The van der Waals surface area contributed by atoms with E-state index in [1.54, 1.807) is 23.5 Å². The maximum atomic E-state index is 11.9. The Balaban J connectivity index is 2.32. The molecule has 18 heavy (non-hydrogen) atoms. The van der Waals surface area contributed by atoms with Gasteiger partial charge >= 0.3 is 12.0 Å². The van der Waals surface area contributed by atoms with Crippen molar-refractivity contribution in [3.63, 3.8) is 0 Å². The van der Waals surface area contributed by atoms with Crippen molar-refractivity contribution in [2.75, 3.05) is 36.6 Å². The van der Waals surface area contributed by atoms with Crippen LogP contribution in [0.1, 0.15) is 12.8 Å². The molecule has 0 aromatic carbocycles. The van der Waals surface area contributed by atoms with Gasteiger partial charge in [-0.15, -0.1) is 0 Å². The number of hydrogen-bond donors (Lipinski definition) is 2. The van der Waals surface area contributed by atoms with Crippen molar-refractivity contribution >= 4 is 35.5 Å². The molecule has 0 aromatic heterocycles. The smallest absolute Gasteiger partial charge is 0.327 e. The number of carboxylic acids is 1. The summed E-state index contributed by atoms with van der Waals surface area (Å²) in [6.45, 7) is 1.13. The molecule has 1 aliphatic rings. The molecule has 104 valence electrons. The molecule has 1 unspecified atom stereocenters. The molecule has 0 bridgehead atoms. The van der Waals surface area contributed by atoms with E-state index in [9.17, 15) is 9.59 Å². The maximum Gasteiger partial charge on any atom is 0.327 e. The van der Waals surface area contributed by atoms with E-state index >= 15 is 0 Å². The monoisotopic (exact) mass is 292 g/mol. The van der Waals surface area contributed by atoms with Gasteiger partial charge in [-0.25, -0.2) is 9.59 Å². The first-order valence-corrected chi connectivity index (χ1v) is 8.55. The molecule has 0 spiro atoms. The van der Waals surface area contributed by atoms with Crippen molar-refractivity contribution in [3.8, 4) is 0 Å². The van der Waals surface area contributed by atoms with E-state index in [0.717, 1.165) is 24.3 Å². The van der Waals surface area contributed by atoms with Crippen molar-refractivity contribution < 1.29 is 14.7 Å². The molecule has 1 fully saturated rings. The van der Waals surface area contributed by atoms with Crippen LogP contribution in [0.4, 0.5) is 4.79 Å². The van der Waals surface area contributed by atoms with Crippen LogP contribution in [-0.2, 0) is 4.79 Å². The zero-order valence-electron chi connectivity index (χ0n) is 10.6. The van der Waals surface area contributed by atoms with Crippen molar-refractivity contribution in [3.05, 3.63) is 0 Å². The summed E-state index contributed by atoms with van der Waals surface area (Å²) in [5, 5.41) is 11.9. The average molecular weight is 292 g/mol. The van der Waals surface area contributed by atoms with Crippen LogP contribution in [0.5, 0.6) is 0 Å². The summed E-state index contributed by atoms with van der Waals surface area (Å²) < 4.78 is 0. The molecule has 1 saturated heterocycles. The Hall–Kier alpha value is -0.560. The fourth-order valence-electron chi connectivity index (χ4n) is 1.72. The van der Waals surface area contributed by atoms with Crippen LogP contribution in [0.25, 0.3) is 0 Å². The lowest BCUT2D eigenvalue weighted by Crippen LogP contribution is -2.53. The molecular formula is C11H20N2O3S2. The SMILES string of the molecule is CSCCCCNC(=O)N1CCSCC1C(=O)O. The molecule has 1 aliphatic heterocycles. The van der Waals surface area contributed by atoms with Crippen molar-refractivity contribution in [2.45, 2.75) is 18.9 Å². The number of amides is 2. The van der Waals surface area contributed by atoms with Crippen LogP contribution in [0.3, 0.4) is 0 Å². The number of carboxylic acid groups (broad SMARTS) is 1. The Morgan fingerprint density at radius 2 is 2.28 bits per heavy atom. The van der Waals surface area contributed by atoms with Crippen LogP contribution in [0, 0.1) is 0 Å². The highest BCUT2D eigenvalue weighted by atomic mass is 32.2. The predicted octanol–water partition coefficient (Wildman–Crippen LogP) is 1.34. The third-order valence-corrected chi connectivity index (χ3v) is 4.45. The van der Waals surface area contributed by atoms with Gasteiger partial charge in [-0.3, -0.25) is 0 Å². The van der Waals surface area contributed by atoms with Crippen LogP contribution in [-0.4, -0.2) is 64.7 Å². The molecule has 5 nitrogen and oxygen atoms in total. The molecule has 0 aliphatic carbocycles. The zero-order chi connectivity index (χ0) is 13.4. The van der Waals surface area contributed by atoms with Gasteiger partial charge in [0.2, 0.25) is 0 Å². The van der Waals surface area contributed by atoms with E-state index < -0.39 is 12.0 Å². The number of thioether (sulfide) groups is 2. The summed E-state index contributed by atoms with van der Waals surface area (Å²) in [5.41, 5.74) is 0. The number of carbonyl (C=O) groups is 2. The van der Waals surface area contributed by atoms with Gasteiger partial charge in [-0.05, 0) is 24.9 Å². The summed E-state index contributed by atoms with van der Waals surface area (Å²) in [5.74, 6) is 1.46. The van der Waals surface area contributed by atoms with Gasteiger partial charge in [0.15, 0.2) is 0 Å². The number of aliphatic carboxylic acids is 1. The molecule has 1 rings (SSSR count). The topological polar surface area (TPSA) is 69.6 Å². The van der Waals surface area contributed by atoms with Gasteiger partial charge < -0.3 is 15.3 Å². The Labute approximate surface area is 116 Å². The number of urea groups is 1. The highest BCUT2D eigenvalue weighted by Gasteiger charge is 2.32. The minimum Gasteiger partial charge on any atom is -0.480 e. The second kappa shape index (κ2) is 8.53. The summed E-state index contributed by atoms with van der Waals surface area (Å²) >= 11 is 3.37. The van der Waals surface area contributed by atoms with Gasteiger partial charge in [0.25, 0.3) is 0 Å². The Bertz CT molecular complexity index is 289. The molecule has 2 amide bonds. The van der Waals surface area contributed by atoms with E-state index in [4.69, 9.17) is 5.11 Å². The Morgan fingerprint density at radius 3 is 2.94 bits per heavy atom. The van der Waals surface area contributed by atoms with Crippen LogP contribution in [0.15, 0.2) is 0 Å². The largest absolute Gasteiger partial charge is 0.480 e. The Kier molecular flexibility index (Phi) is 7.34. The van der Waals surface area contributed by atoms with Crippen molar-refractivity contribution in [1.29, 1.82) is 0 Å². The molecule has 0 aromatic rings. The summed E-state index contributed by atoms with van der Waals surface area (Å²) in [6.07, 6.45) is 4.06. The molecule has 0 radical (unpaired) electrons. The van der Waals surface area contributed by atoms with E-state index in [1.807, 2.05) is 0 Å². The molecule has 0 saturated carbocycles. The quantitative estimate of drug-likeness (QED) is 0.723. The third-order valence-electron chi connectivity index (χ3n) is 2.73. The summed E-state index contributed by atoms with van der Waals surface area (Å²) in [6, 6.07) is -0.929. The molecule has 1 heterocycles. The van der Waals surface area contributed by atoms with E-state index in [1.165, 1.54) is 4.90 Å². The fraction of sp³-hybridized carbons (Fsp3) is 0.818. The standard InChI is InChI=1S/C11H20N2O3S2/c1-17-6-3-2-4-12-11(16)13-5-7-18-8-9(13)10(14)15/h9H,2-8H2,1H3,(H,12,16)(H,14,15). The highest BCUT2D eigenvalue weighted by molar-refractivity contribution is 7.99. The van der Waals surface area contributed by atoms with E-state index in [2.05, 4.69) is 11.6 Å².